The number of benzene rings is 2. The molecule has 6 nitrogen and oxygen atoms in total. The van der Waals surface area contributed by atoms with Gasteiger partial charge in [-0.1, -0.05) is 49.0 Å². The Kier molecular flexibility index (Phi) is 5.56. The highest BCUT2D eigenvalue weighted by molar-refractivity contribution is 6.09. The lowest BCUT2D eigenvalue weighted by Crippen LogP contribution is -2.30. The van der Waals surface area contributed by atoms with Gasteiger partial charge in [0, 0.05) is 16.8 Å². The summed E-state index contributed by atoms with van der Waals surface area (Å²) in [5.41, 5.74) is 4.29. The number of anilines is 1. The van der Waals surface area contributed by atoms with E-state index in [2.05, 4.69) is 22.1 Å². The molecule has 1 aliphatic heterocycles. The van der Waals surface area contributed by atoms with Crippen molar-refractivity contribution in [3.05, 3.63) is 83.4 Å². The molecule has 0 unspecified atom stereocenters. The van der Waals surface area contributed by atoms with Crippen LogP contribution in [0.2, 0.25) is 0 Å². The van der Waals surface area contributed by atoms with Gasteiger partial charge < -0.3 is 15.4 Å². The van der Waals surface area contributed by atoms with Crippen molar-refractivity contribution in [2.75, 3.05) is 18.5 Å². The second-order valence-electron chi connectivity index (χ2n) is 6.22. The van der Waals surface area contributed by atoms with Crippen molar-refractivity contribution in [3.8, 4) is 11.1 Å². The molecule has 6 heteroatoms. The molecule has 140 valence electrons. The van der Waals surface area contributed by atoms with Crippen LogP contribution in [-0.2, 0) is 14.3 Å². The number of carbonyl (C=O) groups excluding carboxylic acids is 2. The summed E-state index contributed by atoms with van der Waals surface area (Å²) in [5.74, 6) is -1.05. The van der Waals surface area contributed by atoms with E-state index in [1.165, 1.54) is 0 Å². The second-order valence-corrected chi connectivity index (χ2v) is 6.22. The number of nitrogens with one attached hydrogen (secondary N) is 2. The van der Waals surface area contributed by atoms with Gasteiger partial charge in [-0.2, -0.15) is 0 Å². The highest BCUT2D eigenvalue weighted by atomic mass is 16.5. The number of carbonyl (C=O) groups is 2. The average Bonchev–Trinajstić information content (AvgIpc) is 2.71. The summed E-state index contributed by atoms with van der Waals surface area (Å²) in [5, 5.41) is 5.84. The maximum absolute atomic E-state index is 12.6. The Labute approximate surface area is 163 Å². The Bertz CT molecular complexity index is 1030. The summed E-state index contributed by atoms with van der Waals surface area (Å²) in [6.07, 6.45) is 0. The minimum absolute atomic E-state index is 0.00486. The molecular weight excluding hydrogens is 354 g/mol. The van der Waals surface area contributed by atoms with Gasteiger partial charge in [-0.05, 0) is 24.1 Å². The lowest BCUT2D eigenvalue weighted by molar-refractivity contribution is -0.139. The summed E-state index contributed by atoms with van der Waals surface area (Å²) in [6, 6.07) is 15.4. The van der Waals surface area contributed by atoms with Gasteiger partial charge in [0.1, 0.15) is 6.61 Å². The average molecular weight is 373 g/mol. The number of amides is 1. The van der Waals surface area contributed by atoms with Gasteiger partial charge in [0.05, 0.1) is 18.8 Å². The summed E-state index contributed by atoms with van der Waals surface area (Å²) < 4.78 is 4.95. The number of fused-ring (bicyclic) bond motifs is 3. The third kappa shape index (κ3) is 3.79. The zero-order chi connectivity index (χ0) is 20.1. The van der Waals surface area contributed by atoms with Crippen LogP contribution in [0.15, 0.2) is 66.4 Å². The number of nitrogens with zero attached hydrogens (tertiary/aromatic N) is 1. The minimum atomic E-state index is -0.530. The van der Waals surface area contributed by atoms with Crippen LogP contribution >= 0.6 is 0 Å². The van der Waals surface area contributed by atoms with Crippen LogP contribution in [-0.4, -0.2) is 25.0 Å². The van der Waals surface area contributed by atoms with E-state index >= 15 is 0 Å². The quantitative estimate of drug-likeness (QED) is 0.364. The Morgan fingerprint density at radius 3 is 2.43 bits per heavy atom. The first kappa shape index (κ1) is 18.9. The molecule has 0 spiro atoms. The SMILES string of the molecule is [C-]#[N+]/C(C(=O)NCCOC(=O)C(=C)C)=C1/Nc2ccccc2-c2ccccc21. The van der Waals surface area contributed by atoms with Crippen molar-refractivity contribution < 1.29 is 14.3 Å². The third-order valence-corrected chi connectivity index (χ3v) is 4.21. The summed E-state index contributed by atoms with van der Waals surface area (Å²) in [6.45, 7) is 12.7. The molecule has 3 rings (SSSR count). The predicted octanol–water partition coefficient (Wildman–Crippen LogP) is 3.60. The van der Waals surface area contributed by atoms with Crippen LogP contribution in [0.4, 0.5) is 5.69 Å². The van der Waals surface area contributed by atoms with Crippen molar-refractivity contribution in [3.63, 3.8) is 0 Å². The Morgan fingerprint density at radius 2 is 1.75 bits per heavy atom. The van der Waals surface area contributed by atoms with Crippen molar-refractivity contribution >= 4 is 23.3 Å². The van der Waals surface area contributed by atoms with Crippen molar-refractivity contribution in [2.45, 2.75) is 6.92 Å². The molecule has 0 aliphatic carbocycles. The molecule has 0 aromatic heterocycles. The molecule has 1 aliphatic rings. The number of hydrogen-bond donors (Lipinski definition) is 2. The maximum atomic E-state index is 12.6. The molecule has 1 amide bonds. The largest absolute Gasteiger partial charge is 0.460 e. The van der Waals surface area contributed by atoms with Crippen LogP contribution in [0.25, 0.3) is 21.7 Å². The van der Waals surface area contributed by atoms with E-state index in [-0.39, 0.29) is 24.4 Å². The van der Waals surface area contributed by atoms with Crippen molar-refractivity contribution in [1.82, 2.24) is 5.32 Å². The molecule has 28 heavy (non-hydrogen) atoms. The van der Waals surface area contributed by atoms with E-state index in [1.807, 2.05) is 48.5 Å². The van der Waals surface area contributed by atoms with Gasteiger partial charge in [-0.25, -0.2) is 9.64 Å². The highest BCUT2D eigenvalue weighted by Crippen LogP contribution is 2.40. The number of rotatable bonds is 5. The minimum Gasteiger partial charge on any atom is -0.460 e. The van der Waals surface area contributed by atoms with E-state index in [4.69, 9.17) is 11.3 Å². The number of para-hydroxylation sites is 1. The summed E-state index contributed by atoms with van der Waals surface area (Å²) in [4.78, 5) is 27.4. The topological polar surface area (TPSA) is 71.8 Å². The zero-order valence-corrected chi connectivity index (χ0v) is 15.4. The maximum Gasteiger partial charge on any atom is 0.333 e. The van der Waals surface area contributed by atoms with Crippen LogP contribution < -0.4 is 10.6 Å². The molecule has 0 fully saturated rings. The lowest BCUT2D eigenvalue weighted by Gasteiger charge is -2.25. The third-order valence-electron chi connectivity index (χ3n) is 4.21. The van der Waals surface area contributed by atoms with Crippen molar-refractivity contribution in [1.29, 1.82) is 0 Å². The Balaban J connectivity index is 1.85. The second kappa shape index (κ2) is 8.23. The fourth-order valence-electron chi connectivity index (χ4n) is 2.89. The fourth-order valence-corrected chi connectivity index (χ4v) is 2.89. The molecule has 2 aromatic rings. The first-order valence-corrected chi connectivity index (χ1v) is 8.71. The Hall–Kier alpha value is -3.85. The predicted molar refractivity (Wildman–Crippen MR) is 108 cm³/mol. The number of ether oxygens (including phenoxy) is 1. The summed E-state index contributed by atoms with van der Waals surface area (Å²) in [7, 11) is 0. The number of hydrogen-bond acceptors (Lipinski definition) is 4. The van der Waals surface area contributed by atoms with Crippen LogP contribution in [0.5, 0.6) is 0 Å². The monoisotopic (exact) mass is 373 g/mol. The molecule has 0 radical (unpaired) electrons. The molecule has 1 heterocycles. The van der Waals surface area contributed by atoms with Gasteiger partial charge in [-0.3, -0.25) is 4.79 Å². The van der Waals surface area contributed by atoms with Crippen LogP contribution in [0.1, 0.15) is 12.5 Å². The van der Waals surface area contributed by atoms with Gasteiger partial charge in [-0.15, -0.1) is 0 Å². The Morgan fingerprint density at radius 1 is 1.11 bits per heavy atom. The molecule has 0 saturated heterocycles. The molecule has 2 aromatic carbocycles. The molecule has 0 bridgehead atoms. The first-order chi connectivity index (χ1) is 13.5. The van der Waals surface area contributed by atoms with E-state index in [0.717, 1.165) is 22.4 Å². The van der Waals surface area contributed by atoms with E-state index in [9.17, 15) is 9.59 Å². The molecular formula is C22H19N3O3. The summed E-state index contributed by atoms with van der Waals surface area (Å²) >= 11 is 0. The van der Waals surface area contributed by atoms with E-state index in [0.29, 0.717) is 5.70 Å². The standard InChI is InChI=1S/C22H19N3O3/c1-14(2)22(27)28-13-12-24-21(26)20(23-3)19-17-10-5-4-8-15(17)16-9-6-7-11-18(16)25-19/h4-11,25H,1,12-13H2,2H3,(H,24,26)/b20-19+. The fraction of sp³-hybridized carbons (Fsp3) is 0.136. The van der Waals surface area contributed by atoms with E-state index < -0.39 is 11.9 Å². The van der Waals surface area contributed by atoms with Gasteiger partial charge >= 0.3 is 5.97 Å². The molecule has 2 N–H and O–H groups in total. The van der Waals surface area contributed by atoms with Gasteiger partial charge in [0.25, 0.3) is 11.6 Å². The van der Waals surface area contributed by atoms with Gasteiger partial charge in [0.2, 0.25) is 0 Å². The van der Waals surface area contributed by atoms with Crippen LogP contribution in [0.3, 0.4) is 0 Å². The molecule has 0 saturated carbocycles. The first-order valence-electron chi connectivity index (χ1n) is 8.71. The van der Waals surface area contributed by atoms with Crippen LogP contribution in [0, 0.1) is 6.57 Å². The lowest BCUT2D eigenvalue weighted by atomic mass is 9.91. The normalized spacial score (nSPS) is 13.1. The number of esters is 1. The smallest absolute Gasteiger partial charge is 0.333 e. The van der Waals surface area contributed by atoms with Gasteiger partial charge in [0.15, 0.2) is 0 Å². The zero-order valence-electron chi connectivity index (χ0n) is 15.4. The van der Waals surface area contributed by atoms with E-state index in [1.54, 1.807) is 6.92 Å². The highest BCUT2D eigenvalue weighted by Gasteiger charge is 2.25. The van der Waals surface area contributed by atoms with Crippen molar-refractivity contribution in [2.24, 2.45) is 0 Å². The molecule has 0 atom stereocenters.